The van der Waals surface area contributed by atoms with Crippen molar-refractivity contribution in [3.05, 3.63) is 66.0 Å². The van der Waals surface area contributed by atoms with Crippen LogP contribution in [0.25, 0.3) is 0 Å². The molecule has 1 aliphatic heterocycles. The fraction of sp³-hybridized carbons (Fsp3) is 0.400. The molecule has 1 N–H and O–H groups in total. The molecule has 2 amide bonds. The first kappa shape index (κ1) is 17.4. The third-order valence-electron chi connectivity index (χ3n) is 4.84. The summed E-state index contributed by atoms with van der Waals surface area (Å²) in [7, 11) is 3.97. The third kappa shape index (κ3) is 4.37. The maximum atomic E-state index is 12.9. The lowest BCUT2D eigenvalue weighted by Gasteiger charge is -2.33. The van der Waals surface area contributed by atoms with E-state index in [1.165, 1.54) is 0 Å². The predicted molar refractivity (Wildman–Crippen MR) is 99.3 cm³/mol. The number of urea groups is 1. The minimum Gasteiger partial charge on any atom is -0.335 e. The lowest BCUT2D eigenvalue weighted by molar-refractivity contribution is 0.180. The first-order chi connectivity index (χ1) is 12.1. The van der Waals surface area contributed by atoms with E-state index in [1.54, 1.807) is 11.1 Å². The van der Waals surface area contributed by atoms with Crippen molar-refractivity contribution in [3.63, 3.8) is 0 Å². The first-order valence-corrected chi connectivity index (χ1v) is 8.83. The minimum absolute atomic E-state index is 0.0472. The molecule has 1 aliphatic rings. The summed E-state index contributed by atoms with van der Waals surface area (Å²) in [5.74, 6) is 0. The molecule has 1 fully saturated rings. The van der Waals surface area contributed by atoms with Crippen LogP contribution < -0.4 is 5.32 Å². The normalized spacial score (nSPS) is 17.0. The van der Waals surface area contributed by atoms with Crippen LogP contribution in [0.4, 0.5) is 4.79 Å². The van der Waals surface area contributed by atoms with Gasteiger partial charge in [-0.3, -0.25) is 4.98 Å². The van der Waals surface area contributed by atoms with Gasteiger partial charge in [-0.15, -0.1) is 0 Å². The van der Waals surface area contributed by atoms with Crippen molar-refractivity contribution in [1.82, 2.24) is 20.1 Å². The number of nitrogens with zero attached hydrogens (tertiary/aromatic N) is 3. The molecule has 1 aromatic heterocycles. The molecule has 1 saturated heterocycles. The van der Waals surface area contributed by atoms with Crippen molar-refractivity contribution < 1.29 is 4.79 Å². The van der Waals surface area contributed by atoms with E-state index in [9.17, 15) is 4.79 Å². The Morgan fingerprint density at radius 2 is 1.84 bits per heavy atom. The smallest absolute Gasteiger partial charge is 0.318 e. The van der Waals surface area contributed by atoms with Gasteiger partial charge in [0, 0.05) is 19.3 Å². The number of carbonyl (C=O) groups is 1. The van der Waals surface area contributed by atoms with Crippen LogP contribution in [0.5, 0.6) is 0 Å². The number of nitrogens with one attached hydrogen (secondary N) is 1. The highest BCUT2D eigenvalue weighted by atomic mass is 16.2. The SMILES string of the molecule is CN1CCC(NC(=O)N(C)C(c2ccccc2)c2ccccn2)CC1. The van der Waals surface area contributed by atoms with Crippen LogP contribution in [0.2, 0.25) is 0 Å². The summed E-state index contributed by atoms with van der Waals surface area (Å²) >= 11 is 0. The van der Waals surface area contributed by atoms with Gasteiger partial charge in [0.25, 0.3) is 0 Å². The van der Waals surface area contributed by atoms with Gasteiger partial charge >= 0.3 is 6.03 Å². The van der Waals surface area contributed by atoms with Crippen LogP contribution in [0.1, 0.15) is 30.1 Å². The lowest BCUT2D eigenvalue weighted by Crippen LogP contribution is -2.48. The number of hydrogen-bond acceptors (Lipinski definition) is 3. The third-order valence-corrected chi connectivity index (χ3v) is 4.84. The Balaban J connectivity index is 1.77. The van der Waals surface area contributed by atoms with Gasteiger partial charge in [-0.25, -0.2) is 4.79 Å². The van der Waals surface area contributed by atoms with Gasteiger partial charge in [-0.1, -0.05) is 36.4 Å². The van der Waals surface area contributed by atoms with Crippen LogP contribution in [-0.2, 0) is 0 Å². The second-order valence-electron chi connectivity index (χ2n) is 6.71. The predicted octanol–water partition coefficient (Wildman–Crippen LogP) is 2.91. The molecule has 5 heteroatoms. The van der Waals surface area contributed by atoms with E-state index in [-0.39, 0.29) is 18.1 Å². The van der Waals surface area contributed by atoms with Gasteiger partial charge in [0.2, 0.25) is 0 Å². The number of hydrogen-bond donors (Lipinski definition) is 1. The standard InChI is InChI=1S/C20H26N4O/c1-23-14-11-17(12-15-23)22-20(25)24(2)19(16-8-4-3-5-9-16)18-10-6-7-13-21-18/h3-10,13,17,19H,11-12,14-15H2,1-2H3,(H,22,25). The maximum Gasteiger partial charge on any atom is 0.318 e. The molecule has 3 rings (SSSR count). The summed E-state index contributed by atoms with van der Waals surface area (Å²) in [6, 6.07) is 15.9. The number of carbonyl (C=O) groups excluding carboxylic acids is 1. The number of pyridine rings is 1. The number of amides is 2. The van der Waals surface area contributed by atoms with Crippen LogP contribution in [0, 0.1) is 0 Å². The molecule has 132 valence electrons. The number of piperidine rings is 1. The summed E-state index contributed by atoms with van der Waals surface area (Å²) in [5.41, 5.74) is 1.93. The fourth-order valence-electron chi connectivity index (χ4n) is 3.31. The molecule has 2 heterocycles. The quantitative estimate of drug-likeness (QED) is 0.932. The van der Waals surface area contributed by atoms with Crippen molar-refractivity contribution in [3.8, 4) is 0 Å². The summed E-state index contributed by atoms with van der Waals surface area (Å²) < 4.78 is 0. The maximum absolute atomic E-state index is 12.9. The Bertz CT molecular complexity index is 629. The number of likely N-dealkylation sites (tertiary alicyclic amines) is 1. The van der Waals surface area contributed by atoms with Gasteiger partial charge in [0.05, 0.1) is 5.69 Å². The highest BCUT2D eigenvalue weighted by Crippen LogP contribution is 2.26. The molecule has 0 spiro atoms. The van der Waals surface area contributed by atoms with Gasteiger partial charge < -0.3 is 15.1 Å². The van der Waals surface area contributed by atoms with E-state index in [0.717, 1.165) is 37.2 Å². The highest BCUT2D eigenvalue weighted by molar-refractivity contribution is 5.75. The van der Waals surface area contributed by atoms with Crippen molar-refractivity contribution in [1.29, 1.82) is 0 Å². The minimum atomic E-state index is -0.200. The molecule has 0 aliphatic carbocycles. The molecule has 1 atom stereocenters. The largest absolute Gasteiger partial charge is 0.335 e. The van der Waals surface area contributed by atoms with Gasteiger partial charge in [-0.2, -0.15) is 0 Å². The summed E-state index contributed by atoms with van der Waals surface area (Å²) in [4.78, 5) is 21.4. The molecular weight excluding hydrogens is 312 g/mol. The molecular formula is C20H26N4O. The number of aromatic nitrogens is 1. The summed E-state index contributed by atoms with van der Waals surface area (Å²) in [5, 5.41) is 3.19. The second kappa shape index (κ2) is 8.12. The van der Waals surface area contributed by atoms with E-state index >= 15 is 0 Å². The Kier molecular flexibility index (Phi) is 5.66. The van der Waals surface area contributed by atoms with E-state index in [0.29, 0.717) is 0 Å². The molecule has 0 saturated carbocycles. The first-order valence-electron chi connectivity index (χ1n) is 8.83. The van der Waals surface area contributed by atoms with E-state index < -0.39 is 0 Å². The van der Waals surface area contributed by atoms with Gasteiger partial charge in [0.1, 0.15) is 6.04 Å². The molecule has 5 nitrogen and oxygen atoms in total. The van der Waals surface area contributed by atoms with E-state index in [4.69, 9.17) is 0 Å². The molecule has 0 bridgehead atoms. The zero-order valence-corrected chi connectivity index (χ0v) is 14.9. The molecule has 1 unspecified atom stereocenters. The Morgan fingerprint density at radius 3 is 2.48 bits per heavy atom. The number of rotatable bonds is 4. The van der Waals surface area contributed by atoms with Gasteiger partial charge in [-0.05, 0) is 50.7 Å². The van der Waals surface area contributed by atoms with Crippen molar-refractivity contribution in [2.45, 2.75) is 24.9 Å². The van der Waals surface area contributed by atoms with E-state index in [1.807, 2.05) is 55.6 Å². The number of benzene rings is 1. The zero-order chi connectivity index (χ0) is 17.6. The fourth-order valence-corrected chi connectivity index (χ4v) is 3.31. The van der Waals surface area contributed by atoms with Crippen LogP contribution in [0.3, 0.4) is 0 Å². The lowest BCUT2D eigenvalue weighted by atomic mass is 10.0. The van der Waals surface area contributed by atoms with Crippen LogP contribution >= 0.6 is 0 Å². The molecule has 2 aromatic rings. The van der Waals surface area contributed by atoms with Crippen LogP contribution in [0.15, 0.2) is 54.7 Å². The second-order valence-corrected chi connectivity index (χ2v) is 6.71. The molecule has 1 aromatic carbocycles. The molecule has 25 heavy (non-hydrogen) atoms. The Hall–Kier alpha value is -2.40. The van der Waals surface area contributed by atoms with Crippen molar-refractivity contribution in [2.75, 3.05) is 27.2 Å². The Labute approximate surface area is 149 Å². The van der Waals surface area contributed by atoms with Crippen molar-refractivity contribution >= 4 is 6.03 Å². The topological polar surface area (TPSA) is 48.5 Å². The zero-order valence-electron chi connectivity index (χ0n) is 14.9. The molecule has 0 radical (unpaired) electrons. The van der Waals surface area contributed by atoms with Crippen LogP contribution in [-0.4, -0.2) is 54.0 Å². The van der Waals surface area contributed by atoms with Crippen molar-refractivity contribution in [2.24, 2.45) is 0 Å². The Morgan fingerprint density at radius 1 is 1.16 bits per heavy atom. The van der Waals surface area contributed by atoms with Gasteiger partial charge in [0.15, 0.2) is 0 Å². The summed E-state index contributed by atoms with van der Waals surface area (Å²) in [6.07, 6.45) is 3.76. The summed E-state index contributed by atoms with van der Waals surface area (Å²) in [6.45, 7) is 2.05. The monoisotopic (exact) mass is 338 g/mol. The average Bonchev–Trinajstić information content (AvgIpc) is 2.65. The highest BCUT2D eigenvalue weighted by Gasteiger charge is 2.27. The average molecular weight is 338 g/mol. The van der Waals surface area contributed by atoms with E-state index in [2.05, 4.69) is 22.2 Å².